The Kier molecular flexibility index (Phi) is 2.75. The molecule has 1 heterocycles. The first kappa shape index (κ1) is 10.8. The highest BCUT2D eigenvalue weighted by molar-refractivity contribution is 6.30. The number of H-pyrrole nitrogens is 1. The van der Waals surface area contributed by atoms with E-state index >= 15 is 0 Å². The van der Waals surface area contributed by atoms with Crippen LogP contribution >= 0.6 is 11.6 Å². The van der Waals surface area contributed by atoms with Gasteiger partial charge in [-0.25, -0.2) is 9.37 Å². The normalized spacial score (nSPS) is 10.4. The van der Waals surface area contributed by atoms with Crippen LogP contribution in [0.1, 0.15) is 5.56 Å². The Bertz CT molecular complexity index is 575. The van der Waals surface area contributed by atoms with E-state index in [2.05, 4.69) is 9.97 Å². The number of halogens is 2. The first-order valence-electron chi connectivity index (χ1n) is 4.58. The monoisotopic (exact) mass is 238 g/mol. The van der Waals surface area contributed by atoms with E-state index in [1.807, 2.05) is 0 Å². The summed E-state index contributed by atoms with van der Waals surface area (Å²) >= 11 is 5.74. The smallest absolute Gasteiger partial charge is 0.254 e. The topological polar surface area (TPSA) is 45.8 Å². The lowest BCUT2D eigenvalue weighted by Crippen LogP contribution is -2.11. The average molecular weight is 239 g/mol. The second kappa shape index (κ2) is 4.06. The molecule has 0 aliphatic carbocycles. The van der Waals surface area contributed by atoms with Crippen LogP contribution in [0.25, 0.3) is 11.3 Å². The third-order valence-corrected chi connectivity index (χ3v) is 2.44. The predicted octanol–water partition coefficient (Wildman–Crippen LogP) is 2.54. The molecule has 0 atom stereocenters. The Morgan fingerprint density at radius 1 is 1.38 bits per heavy atom. The van der Waals surface area contributed by atoms with E-state index in [0.29, 0.717) is 16.8 Å². The summed E-state index contributed by atoms with van der Waals surface area (Å²) in [5.74, 6) is -0.455. The van der Waals surface area contributed by atoms with Gasteiger partial charge in [0.25, 0.3) is 5.56 Å². The number of hydrogen-bond acceptors (Lipinski definition) is 2. The SMILES string of the molecule is Cc1c(-c2cc(F)cc(Cl)c2)nc[nH]c1=O. The zero-order chi connectivity index (χ0) is 11.7. The van der Waals surface area contributed by atoms with Crippen LogP contribution in [0.15, 0.2) is 29.3 Å². The molecular formula is C11H8ClFN2O. The molecule has 0 unspecified atom stereocenters. The molecule has 0 saturated heterocycles. The number of benzene rings is 1. The summed E-state index contributed by atoms with van der Waals surface area (Å²) in [4.78, 5) is 17.8. The van der Waals surface area contributed by atoms with Gasteiger partial charge in [-0.1, -0.05) is 11.6 Å². The maximum Gasteiger partial charge on any atom is 0.254 e. The van der Waals surface area contributed by atoms with Gasteiger partial charge in [0.2, 0.25) is 0 Å². The predicted molar refractivity (Wildman–Crippen MR) is 60.0 cm³/mol. The van der Waals surface area contributed by atoms with Crippen molar-refractivity contribution >= 4 is 11.6 Å². The lowest BCUT2D eigenvalue weighted by Gasteiger charge is -2.04. The molecule has 1 N–H and O–H groups in total. The molecule has 0 fully saturated rings. The van der Waals surface area contributed by atoms with Gasteiger partial charge in [-0.3, -0.25) is 4.79 Å². The number of nitrogens with one attached hydrogen (secondary N) is 1. The second-order valence-electron chi connectivity index (χ2n) is 3.36. The summed E-state index contributed by atoms with van der Waals surface area (Å²) in [6.07, 6.45) is 1.28. The van der Waals surface area contributed by atoms with Crippen molar-refractivity contribution in [3.8, 4) is 11.3 Å². The van der Waals surface area contributed by atoms with Gasteiger partial charge < -0.3 is 4.98 Å². The Morgan fingerprint density at radius 3 is 2.81 bits per heavy atom. The molecule has 0 radical (unpaired) electrons. The molecule has 0 saturated carbocycles. The molecule has 1 aromatic heterocycles. The molecule has 5 heteroatoms. The highest BCUT2D eigenvalue weighted by Crippen LogP contribution is 2.23. The second-order valence-corrected chi connectivity index (χ2v) is 3.80. The fraction of sp³-hybridized carbons (Fsp3) is 0.0909. The number of rotatable bonds is 1. The average Bonchev–Trinajstić information content (AvgIpc) is 2.20. The van der Waals surface area contributed by atoms with Gasteiger partial charge in [-0.15, -0.1) is 0 Å². The molecule has 1 aromatic carbocycles. The van der Waals surface area contributed by atoms with Crippen molar-refractivity contribution in [2.24, 2.45) is 0 Å². The molecule has 82 valence electrons. The summed E-state index contributed by atoms with van der Waals surface area (Å²) < 4.78 is 13.1. The van der Waals surface area contributed by atoms with E-state index in [1.54, 1.807) is 13.0 Å². The molecule has 16 heavy (non-hydrogen) atoms. The maximum atomic E-state index is 13.1. The number of aromatic amines is 1. The van der Waals surface area contributed by atoms with Gasteiger partial charge in [-0.2, -0.15) is 0 Å². The van der Waals surface area contributed by atoms with Crippen LogP contribution < -0.4 is 5.56 Å². The summed E-state index contributed by atoms with van der Waals surface area (Å²) in [5.41, 5.74) is 1.12. The van der Waals surface area contributed by atoms with Gasteiger partial charge >= 0.3 is 0 Å². The van der Waals surface area contributed by atoms with Gasteiger partial charge in [0.1, 0.15) is 5.82 Å². The van der Waals surface area contributed by atoms with Crippen molar-refractivity contribution in [1.29, 1.82) is 0 Å². The minimum absolute atomic E-state index is 0.245. The number of aromatic nitrogens is 2. The van der Waals surface area contributed by atoms with Gasteiger partial charge in [-0.05, 0) is 25.1 Å². The molecule has 0 spiro atoms. The molecule has 0 amide bonds. The Balaban J connectivity index is 2.67. The number of hydrogen-bond donors (Lipinski definition) is 1. The van der Waals surface area contributed by atoms with Gasteiger partial charge in [0.15, 0.2) is 0 Å². The summed E-state index contributed by atoms with van der Waals surface area (Å²) in [7, 11) is 0. The quantitative estimate of drug-likeness (QED) is 0.830. The van der Waals surface area contributed by atoms with Gasteiger partial charge in [0, 0.05) is 16.1 Å². The Hall–Kier alpha value is -1.68. The van der Waals surface area contributed by atoms with E-state index in [4.69, 9.17) is 11.6 Å². The molecule has 2 aromatic rings. The minimum Gasteiger partial charge on any atom is -0.313 e. The zero-order valence-corrected chi connectivity index (χ0v) is 9.18. The van der Waals surface area contributed by atoms with Crippen molar-refractivity contribution in [2.45, 2.75) is 6.92 Å². The van der Waals surface area contributed by atoms with E-state index in [1.165, 1.54) is 18.5 Å². The molecule has 0 aliphatic rings. The van der Waals surface area contributed by atoms with Crippen LogP contribution in [-0.4, -0.2) is 9.97 Å². The fourth-order valence-electron chi connectivity index (χ4n) is 1.45. The van der Waals surface area contributed by atoms with Crippen molar-refractivity contribution < 1.29 is 4.39 Å². The Morgan fingerprint density at radius 2 is 2.12 bits per heavy atom. The van der Waals surface area contributed by atoms with Crippen LogP contribution in [0.2, 0.25) is 5.02 Å². The molecule has 0 bridgehead atoms. The van der Waals surface area contributed by atoms with Crippen molar-refractivity contribution in [2.75, 3.05) is 0 Å². The number of nitrogens with zero attached hydrogens (tertiary/aromatic N) is 1. The van der Waals surface area contributed by atoms with Crippen molar-refractivity contribution in [3.05, 3.63) is 51.3 Å². The molecule has 3 nitrogen and oxygen atoms in total. The fourth-order valence-corrected chi connectivity index (χ4v) is 1.67. The summed E-state index contributed by atoms with van der Waals surface area (Å²) in [6.45, 7) is 1.62. The van der Waals surface area contributed by atoms with Crippen molar-refractivity contribution in [3.63, 3.8) is 0 Å². The highest BCUT2D eigenvalue weighted by Gasteiger charge is 2.08. The largest absolute Gasteiger partial charge is 0.313 e. The highest BCUT2D eigenvalue weighted by atomic mass is 35.5. The lowest BCUT2D eigenvalue weighted by atomic mass is 10.1. The zero-order valence-electron chi connectivity index (χ0n) is 8.42. The van der Waals surface area contributed by atoms with Crippen LogP contribution in [0.4, 0.5) is 4.39 Å². The van der Waals surface area contributed by atoms with E-state index in [9.17, 15) is 9.18 Å². The van der Waals surface area contributed by atoms with E-state index in [0.717, 1.165) is 0 Å². The minimum atomic E-state index is -0.455. The van der Waals surface area contributed by atoms with E-state index < -0.39 is 5.82 Å². The van der Waals surface area contributed by atoms with Crippen molar-refractivity contribution in [1.82, 2.24) is 9.97 Å². The molecule has 0 aliphatic heterocycles. The summed E-state index contributed by atoms with van der Waals surface area (Å²) in [6, 6.07) is 4.06. The first-order chi connectivity index (χ1) is 7.58. The van der Waals surface area contributed by atoms with Crippen LogP contribution in [0, 0.1) is 12.7 Å². The third kappa shape index (κ3) is 1.97. The maximum absolute atomic E-state index is 13.1. The van der Waals surface area contributed by atoms with Crippen LogP contribution in [0.5, 0.6) is 0 Å². The standard InChI is InChI=1S/C11H8ClFN2O/c1-6-10(14-5-15-11(6)16)7-2-8(12)4-9(13)3-7/h2-5H,1H3,(H,14,15,16). The lowest BCUT2D eigenvalue weighted by molar-refractivity contribution is 0.628. The molecule has 2 rings (SSSR count). The van der Waals surface area contributed by atoms with E-state index in [-0.39, 0.29) is 10.6 Å². The first-order valence-corrected chi connectivity index (χ1v) is 4.96. The van der Waals surface area contributed by atoms with Gasteiger partial charge in [0.05, 0.1) is 12.0 Å². The molecular weight excluding hydrogens is 231 g/mol. The third-order valence-electron chi connectivity index (χ3n) is 2.22. The Labute approximate surface area is 95.9 Å². The van der Waals surface area contributed by atoms with Crippen LogP contribution in [-0.2, 0) is 0 Å². The summed E-state index contributed by atoms with van der Waals surface area (Å²) in [5, 5.41) is 0.275. The van der Waals surface area contributed by atoms with Crippen LogP contribution in [0.3, 0.4) is 0 Å².